The molecule has 0 spiro atoms. The molecule has 1 heterocycles. The Morgan fingerprint density at radius 1 is 1.47 bits per heavy atom. The molecule has 2 aromatic rings. The van der Waals surface area contributed by atoms with E-state index >= 15 is 0 Å². The number of nitrogens with zero attached hydrogens (tertiary/aromatic N) is 2. The van der Waals surface area contributed by atoms with Gasteiger partial charge in [-0.25, -0.2) is 0 Å². The van der Waals surface area contributed by atoms with Gasteiger partial charge < -0.3 is 5.32 Å². The van der Waals surface area contributed by atoms with Gasteiger partial charge in [-0.1, -0.05) is 12.1 Å². The van der Waals surface area contributed by atoms with Gasteiger partial charge in [-0.3, -0.25) is 9.48 Å². The monoisotopic (exact) mass is 339 g/mol. The Kier molecular flexibility index (Phi) is 4.66. The first-order valence-corrected chi connectivity index (χ1v) is 7.52. The zero-order valence-corrected chi connectivity index (χ0v) is 13.1. The number of aromatic nitrogens is 2. The minimum absolute atomic E-state index is 0.0382. The Balaban J connectivity index is 1.92. The van der Waals surface area contributed by atoms with E-state index in [4.69, 9.17) is 0 Å². The molecule has 0 aliphatic heterocycles. The predicted octanol–water partition coefficient (Wildman–Crippen LogP) is 3.22. The Morgan fingerprint density at radius 3 is 2.84 bits per heavy atom. The highest BCUT2D eigenvalue weighted by Gasteiger charge is 2.08. The number of thioether (sulfide) groups is 1. The third kappa shape index (κ3) is 3.84. The molecular weight excluding hydrogens is 326 g/mol. The molecule has 19 heavy (non-hydrogen) atoms. The molecule has 1 amide bonds. The molecule has 0 atom stereocenters. The molecule has 1 aromatic carbocycles. The maximum atomic E-state index is 11.9. The number of amides is 1. The summed E-state index contributed by atoms with van der Waals surface area (Å²) in [5.41, 5.74) is 0.885. The second-order valence-corrected chi connectivity index (χ2v) is 5.93. The third-order valence-electron chi connectivity index (χ3n) is 2.46. The van der Waals surface area contributed by atoms with Crippen LogP contribution in [0, 0.1) is 6.92 Å². The van der Waals surface area contributed by atoms with E-state index in [2.05, 4.69) is 26.3 Å². The highest BCUT2D eigenvalue weighted by Crippen LogP contribution is 2.26. The number of carbonyl (C=O) groups excluding carboxylic acids is 1. The lowest BCUT2D eigenvalue weighted by atomic mass is 10.4. The zero-order chi connectivity index (χ0) is 13.8. The molecule has 100 valence electrons. The lowest BCUT2D eigenvalue weighted by Gasteiger charge is -2.06. The van der Waals surface area contributed by atoms with Crippen molar-refractivity contribution in [2.24, 2.45) is 7.05 Å². The molecule has 0 bridgehead atoms. The van der Waals surface area contributed by atoms with Crippen LogP contribution in [0.2, 0.25) is 0 Å². The molecule has 0 aliphatic rings. The molecule has 0 radical (unpaired) electrons. The Morgan fingerprint density at radius 2 is 2.21 bits per heavy atom. The standard InChI is InChI=1S/C13H14BrN3OS/c1-9-7-12(17(2)16-9)15-13(18)8-19-11-6-4-3-5-10(11)14/h3-7H,8H2,1-2H3,(H,15,18). The van der Waals surface area contributed by atoms with Gasteiger partial charge in [-0.2, -0.15) is 5.10 Å². The van der Waals surface area contributed by atoms with Crippen LogP contribution in [0.25, 0.3) is 0 Å². The summed E-state index contributed by atoms with van der Waals surface area (Å²) in [7, 11) is 1.81. The molecule has 0 saturated heterocycles. The summed E-state index contributed by atoms with van der Waals surface area (Å²) >= 11 is 4.96. The first kappa shape index (κ1) is 14.1. The molecule has 0 fully saturated rings. The fourth-order valence-corrected chi connectivity index (χ4v) is 2.98. The van der Waals surface area contributed by atoms with E-state index in [1.54, 1.807) is 4.68 Å². The van der Waals surface area contributed by atoms with E-state index in [-0.39, 0.29) is 5.91 Å². The third-order valence-corrected chi connectivity index (χ3v) is 4.49. The van der Waals surface area contributed by atoms with Crippen molar-refractivity contribution in [3.05, 3.63) is 40.5 Å². The normalized spacial score (nSPS) is 10.5. The van der Waals surface area contributed by atoms with Gasteiger partial charge in [0.1, 0.15) is 5.82 Å². The van der Waals surface area contributed by atoms with Gasteiger partial charge in [0.05, 0.1) is 11.4 Å². The number of carbonyl (C=O) groups is 1. The lowest BCUT2D eigenvalue weighted by Crippen LogP contribution is -2.16. The minimum atomic E-state index is -0.0382. The van der Waals surface area contributed by atoms with Gasteiger partial charge in [0.2, 0.25) is 5.91 Å². The summed E-state index contributed by atoms with van der Waals surface area (Å²) in [5.74, 6) is 1.05. The van der Waals surface area contributed by atoms with Gasteiger partial charge in [0.25, 0.3) is 0 Å². The summed E-state index contributed by atoms with van der Waals surface area (Å²) in [6.07, 6.45) is 0. The first-order chi connectivity index (χ1) is 9.06. The molecule has 1 N–H and O–H groups in total. The number of nitrogens with one attached hydrogen (secondary N) is 1. The summed E-state index contributed by atoms with van der Waals surface area (Å²) < 4.78 is 2.67. The SMILES string of the molecule is Cc1cc(NC(=O)CSc2ccccc2Br)n(C)n1. The maximum Gasteiger partial charge on any atom is 0.235 e. The van der Waals surface area contributed by atoms with Gasteiger partial charge in [0.15, 0.2) is 0 Å². The van der Waals surface area contributed by atoms with Crippen LogP contribution in [0.1, 0.15) is 5.69 Å². The van der Waals surface area contributed by atoms with Crippen LogP contribution < -0.4 is 5.32 Å². The zero-order valence-electron chi connectivity index (χ0n) is 10.7. The Labute approximate surface area is 124 Å². The van der Waals surface area contributed by atoms with Crippen molar-refractivity contribution in [2.75, 3.05) is 11.1 Å². The smallest absolute Gasteiger partial charge is 0.235 e. The number of halogens is 1. The topological polar surface area (TPSA) is 46.9 Å². The fraction of sp³-hybridized carbons (Fsp3) is 0.231. The highest BCUT2D eigenvalue weighted by molar-refractivity contribution is 9.10. The van der Waals surface area contributed by atoms with Crippen LogP contribution in [0.5, 0.6) is 0 Å². The van der Waals surface area contributed by atoms with Gasteiger partial charge in [0, 0.05) is 22.5 Å². The predicted molar refractivity (Wildman–Crippen MR) is 81.4 cm³/mol. The number of benzene rings is 1. The van der Waals surface area contributed by atoms with Crippen LogP contribution in [0.3, 0.4) is 0 Å². The quantitative estimate of drug-likeness (QED) is 0.870. The second-order valence-electron chi connectivity index (χ2n) is 4.06. The molecule has 6 heteroatoms. The van der Waals surface area contributed by atoms with Crippen molar-refractivity contribution < 1.29 is 4.79 Å². The maximum absolute atomic E-state index is 11.9. The minimum Gasteiger partial charge on any atom is -0.310 e. The molecule has 1 aromatic heterocycles. The van der Waals surface area contributed by atoms with Crippen LogP contribution in [-0.4, -0.2) is 21.4 Å². The molecule has 0 unspecified atom stereocenters. The van der Waals surface area contributed by atoms with E-state index in [1.165, 1.54) is 11.8 Å². The largest absolute Gasteiger partial charge is 0.310 e. The average Bonchev–Trinajstić information content (AvgIpc) is 2.67. The first-order valence-electron chi connectivity index (χ1n) is 5.74. The Hall–Kier alpha value is -1.27. The summed E-state index contributed by atoms with van der Waals surface area (Å²) in [6, 6.07) is 9.70. The molecule has 0 saturated carbocycles. The van der Waals surface area contributed by atoms with Crippen molar-refractivity contribution in [2.45, 2.75) is 11.8 Å². The van der Waals surface area contributed by atoms with Crippen molar-refractivity contribution >= 4 is 39.4 Å². The van der Waals surface area contributed by atoms with Crippen LogP contribution in [-0.2, 0) is 11.8 Å². The van der Waals surface area contributed by atoms with Crippen molar-refractivity contribution in [1.82, 2.24) is 9.78 Å². The summed E-state index contributed by atoms with van der Waals surface area (Å²) in [5, 5.41) is 7.03. The number of hydrogen-bond acceptors (Lipinski definition) is 3. The van der Waals surface area contributed by atoms with Crippen molar-refractivity contribution in [1.29, 1.82) is 0 Å². The number of aryl methyl sites for hydroxylation is 2. The average molecular weight is 340 g/mol. The van der Waals surface area contributed by atoms with Gasteiger partial charge in [-0.15, -0.1) is 11.8 Å². The fourth-order valence-electron chi connectivity index (χ4n) is 1.61. The highest BCUT2D eigenvalue weighted by atomic mass is 79.9. The molecule has 4 nitrogen and oxygen atoms in total. The lowest BCUT2D eigenvalue weighted by molar-refractivity contribution is -0.113. The number of rotatable bonds is 4. The van der Waals surface area contributed by atoms with Crippen LogP contribution in [0.4, 0.5) is 5.82 Å². The van der Waals surface area contributed by atoms with E-state index in [9.17, 15) is 4.79 Å². The van der Waals surface area contributed by atoms with E-state index < -0.39 is 0 Å². The summed E-state index contributed by atoms with van der Waals surface area (Å²) in [6.45, 7) is 1.89. The summed E-state index contributed by atoms with van der Waals surface area (Å²) in [4.78, 5) is 12.9. The Bertz CT molecular complexity index is 597. The van der Waals surface area contributed by atoms with Crippen LogP contribution in [0.15, 0.2) is 39.7 Å². The van der Waals surface area contributed by atoms with Crippen molar-refractivity contribution in [3.8, 4) is 0 Å². The molecular formula is C13H14BrN3OS. The van der Waals surface area contributed by atoms with E-state index in [0.717, 1.165) is 20.9 Å². The van der Waals surface area contributed by atoms with E-state index in [1.807, 2.05) is 44.3 Å². The molecule has 0 aliphatic carbocycles. The number of hydrogen-bond donors (Lipinski definition) is 1. The van der Waals surface area contributed by atoms with Gasteiger partial charge in [-0.05, 0) is 35.0 Å². The number of anilines is 1. The molecule has 2 rings (SSSR count). The van der Waals surface area contributed by atoms with E-state index in [0.29, 0.717) is 5.75 Å². The second kappa shape index (κ2) is 6.25. The van der Waals surface area contributed by atoms with Gasteiger partial charge >= 0.3 is 0 Å². The van der Waals surface area contributed by atoms with Crippen molar-refractivity contribution in [3.63, 3.8) is 0 Å². The van der Waals surface area contributed by atoms with Crippen LogP contribution >= 0.6 is 27.7 Å².